The molecule has 0 heterocycles. The molecule has 1 N–H and O–H groups in total. The van der Waals surface area contributed by atoms with E-state index in [1.807, 2.05) is 0 Å². The van der Waals surface area contributed by atoms with Gasteiger partial charge in [0.2, 0.25) is 0 Å². The third-order valence-electron chi connectivity index (χ3n) is 5.80. The van der Waals surface area contributed by atoms with Crippen molar-refractivity contribution in [3.63, 3.8) is 0 Å². The average Bonchev–Trinajstić information content (AvgIpc) is 2.75. The molecule has 0 aromatic heterocycles. The largest absolute Gasteiger partial charge is 0.504 e. The van der Waals surface area contributed by atoms with Crippen LogP contribution in [-0.4, -0.2) is 20.8 Å². The number of aromatic hydroxyl groups is 1. The number of hydrogen-bond donors (Lipinski definition) is 1. The monoisotopic (exact) mass is 1280 g/mol. The van der Waals surface area contributed by atoms with Crippen LogP contribution in [0.3, 0.4) is 0 Å². The molecule has 0 saturated carbocycles. The molecule has 2 rings (SSSR count). The number of phenolic OH excluding ortho intramolecular Hbond substituents is 1. The summed E-state index contributed by atoms with van der Waals surface area (Å²) in [4.78, 5) is 0. The van der Waals surface area contributed by atoms with Gasteiger partial charge in [-0.3, -0.25) is 0 Å². The Balaban J connectivity index is -0.000000475. The molecule has 0 bridgehead atoms. The van der Waals surface area contributed by atoms with Gasteiger partial charge in [-0.2, -0.15) is 11.1 Å². The maximum atomic E-state index is 13.6. The second-order valence-electron chi connectivity index (χ2n) is 10.8. The summed E-state index contributed by atoms with van der Waals surface area (Å²) in [5.41, 5.74) is 0. The van der Waals surface area contributed by atoms with Crippen molar-refractivity contribution < 1.29 is 31.6 Å². The number of benzene rings is 2. The van der Waals surface area contributed by atoms with Crippen molar-refractivity contribution in [1.82, 2.24) is 0 Å². The van der Waals surface area contributed by atoms with E-state index in [4.69, 9.17) is 20.6 Å². The molecular weight excluding hydrogens is 1240 g/mol. The first-order valence-corrected chi connectivity index (χ1v) is 38.4. The summed E-state index contributed by atoms with van der Waals surface area (Å²) in [6, 6.07) is 9.16. The molecule has 0 unspecified atom stereocenters. The van der Waals surface area contributed by atoms with Crippen molar-refractivity contribution in [2.24, 2.45) is 0 Å². The Morgan fingerprint density at radius 1 is 0.816 bits per heavy atom. The van der Waals surface area contributed by atoms with Crippen molar-refractivity contribution in [3.8, 4) is 11.5 Å². The second-order valence-corrected chi connectivity index (χ2v) is 40.7. The zero-order valence-corrected chi connectivity index (χ0v) is 39.8. The van der Waals surface area contributed by atoms with Crippen molar-refractivity contribution in [1.29, 1.82) is 0 Å². The van der Waals surface area contributed by atoms with E-state index in [0.717, 1.165) is 0 Å². The molecule has 0 fully saturated rings. The van der Waals surface area contributed by atoms with Crippen LogP contribution in [0.1, 0.15) is 41.5 Å². The van der Waals surface area contributed by atoms with E-state index < -0.39 is 21.5 Å². The smallest absolute Gasteiger partial charge is 0.165 e. The third-order valence-corrected chi connectivity index (χ3v) is 16.7. The van der Waals surface area contributed by atoms with Gasteiger partial charge in [0, 0.05) is 37.2 Å². The van der Waals surface area contributed by atoms with Crippen LogP contribution in [0.4, 0.5) is 8.78 Å². The molecule has 0 aliphatic carbocycles. The van der Waals surface area contributed by atoms with Gasteiger partial charge in [0.1, 0.15) is 0 Å². The number of halogens is 10. The average molecular weight is 1280 g/mol. The molecule has 38 heavy (non-hydrogen) atoms. The van der Waals surface area contributed by atoms with Crippen molar-refractivity contribution >= 4 is 133 Å². The Labute approximate surface area is 305 Å². The van der Waals surface area contributed by atoms with E-state index in [2.05, 4.69) is 174 Å². The molecule has 0 spiro atoms. The molecular formula is C24H37Br2ClF2I5O2Si2-. The van der Waals surface area contributed by atoms with Crippen LogP contribution >= 0.6 is 117 Å². The Kier molecular flexibility index (Phi) is 26.3. The number of hydrogen-bond acceptors (Lipinski definition) is 2. The molecule has 0 aliphatic rings. The predicted molar refractivity (Wildman–Crippen MR) is 207 cm³/mol. The minimum absolute atomic E-state index is 0.0642. The molecule has 0 atom stereocenters. The number of phenols is 1. The van der Waals surface area contributed by atoms with E-state index in [9.17, 15) is 8.78 Å². The molecule has 2 aromatic rings. The van der Waals surface area contributed by atoms with Gasteiger partial charge in [-0.15, -0.1) is 0 Å². The summed E-state index contributed by atoms with van der Waals surface area (Å²) in [5, 5.41) is 9.19. The first-order chi connectivity index (χ1) is 17.0. The Morgan fingerprint density at radius 3 is 1.42 bits per heavy atom. The summed E-state index contributed by atoms with van der Waals surface area (Å²) >= 11 is 22.0. The first-order valence-electron chi connectivity index (χ1n) is 11.0. The minimum Gasteiger partial charge on any atom is -0.504 e. The van der Waals surface area contributed by atoms with Gasteiger partial charge in [0.25, 0.3) is 8.32 Å². The molecule has 0 saturated heterocycles. The van der Waals surface area contributed by atoms with Crippen molar-refractivity contribution in [3.05, 3.63) is 57.0 Å². The zero-order chi connectivity index (χ0) is 31.1. The van der Waals surface area contributed by atoms with Crippen molar-refractivity contribution in [2.45, 2.75) is 77.8 Å². The minimum atomic E-state index is -1.98. The van der Waals surface area contributed by atoms with Crippen molar-refractivity contribution in [2.75, 3.05) is 0 Å². The maximum Gasteiger partial charge on any atom is 0.165 e. The molecule has 0 radical (unpaired) electrons. The third kappa shape index (κ3) is 19.5. The van der Waals surface area contributed by atoms with E-state index >= 15 is 0 Å². The summed E-state index contributed by atoms with van der Waals surface area (Å²) in [6.07, 6.45) is 0. The topological polar surface area (TPSA) is 29.5 Å². The molecule has 2 nitrogen and oxygen atoms in total. The zero-order valence-electron chi connectivity index (χ0n) is 23.1. The quantitative estimate of drug-likeness (QED) is 0.185. The van der Waals surface area contributed by atoms with Gasteiger partial charge in [0.05, 0.1) is 8.95 Å². The van der Waals surface area contributed by atoms with Crippen LogP contribution < -0.4 is 17.7 Å². The van der Waals surface area contributed by atoms with E-state index in [1.165, 1.54) is 18.2 Å². The number of rotatable bonds is 2. The Hall–Kier alpha value is 3.23. The van der Waals surface area contributed by atoms with E-state index in [0.29, 0.717) is 33.0 Å². The molecule has 0 amide bonds. The summed E-state index contributed by atoms with van der Waals surface area (Å²) < 4.78 is 32.9. The molecule has 224 valence electrons. The van der Waals surface area contributed by atoms with Gasteiger partial charge in [-0.05, 0) is 79.3 Å². The standard InChI is InChI=1S/C12H18BrFOSi.C6H4BrFO.C6H15ClSi.I3.I2/c1-12(2,3)16(4,5)15-11-9(13)7-6-8-10(11)14;7-4-2-1-3-5(8)6(4)9;1-6(2,3)8(4,5)7;1-3-2;1-2/h6-8H,1-5H3;1-3,9H;1-5H3;;/q;;;-1;. The number of para-hydroxylation sites is 2. The second kappa shape index (κ2) is 21.9. The summed E-state index contributed by atoms with van der Waals surface area (Å²) in [5.74, 6) is -0.907. The van der Waals surface area contributed by atoms with Gasteiger partial charge < -0.3 is 9.53 Å². The molecule has 0 aliphatic heterocycles. The predicted octanol–water partition coefficient (Wildman–Crippen LogP) is 11.0. The van der Waals surface area contributed by atoms with Crippen LogP contribution in [0.15, 0.2) is 45.3 Å². The van der Waals surface area contributed by atoms with Crippen LogP contribution in [-0.2, 0) is 0 Å². The fourth-order valence-corrected chi connectivity index (χ4v) is 3.42. The molecule has 14 heteroatoms. The fraction of sp³-hybridized carbons (Fsp3) is 0.500. The SMILES string of the molecule is CC(C)(C)[Si](C)(C)Cl.CC(C)(C)[Si](C)(C)Oc1c(F)cccc1Br.II.I[I-]I.Oc1c(F)cccc1Br. The normalized spacial score (nSPS) is 11.3. The molecule has 2 aromatic carbocycles. The first kappa shape index (κ1) is 45.7. The Bertz CT molecular complexity index is 891. The van der Waals surface area contributed by atoms with Crippen LogP contribution in [0, 0.1) is 11.6 Å². The van der Waals surface area contributed by atoms with Crippen LogP contribution in [0.5, 0.6) is 11.5 Å². The van der Waals surface area contributed by atoms with Crippen LogP contribution in [0.25, 0.3) is 0 Å². The van der Waals surface area contributed by atoms with Gasteiger partial charge in [-0.25, -0.2) is 8.78 Å². The van der Waals surface area contributed by atoms with Gasteiger partial charge in [0.15, 0.2) is 30.5 Å². The fourth-order valence-electron chi connectivity index (χ4n) is 1.48. The van der Waals surface area contributed by atoms with Gasteiger partial charge in [-0.1, -0.05) is 66.8 Å². The van der Waals surface area contributed by atoms with E-state index in [1.54, 1.807) is 18.2 Å². The summed E-state index contributed by atoms with van der Waals surface area (Å²) in [7, 11) is -3.37. The maximum absolute atomic E-state index is 13.6. The summed E-state index contributed by atoms with van der Waals surface area (Å²) in [6.45, 7) is 21.6. The Morgan fingerprint density at radius 2 is 1.16 bits per heavy atom. The van der Waals surface area contributed by atoms with Crippen LogP contribution in [0.2, 0.25) is 36.3 Å². The van der Waals surface area contributed by atoms with E-state index in [-0.39, 0.29) is 16.6 Å². The van der Waals surface area contributed by atoms with Gasteiger partial charge >= 0.3 is 50.5 Å².